The van der Waals surface area contributed by atoms with E-state index in [1.165, 1.54) is 6.08 Å². The summed E-state index contributed by atoms with van der Waals surface area (Å²) >= 11 is 0. The number of rotatable bonds is 2. The maximum atomic E-state index is 10.0. The van der Waals surface area contributed by atoms with Gasteiger partial charge in [-0.15, -0.1) is 0 Å². The SMILES string of the molecule is O=C=Nc1ccc(-c2ccccc2)cc1. The highest BCUT2D eigenvalue weighted by molar-refractivity contribution is 5.65. The van der Waals surface area contributed by atoms with Gasteiger partial charge in [0.15, 0.2) is 0 Å². The zero-order valence-electron chi connectivity index (χ0n) is 8.05. The van der Waals surface area contributed by atoms with Crippen LogP contribution >= 0.6 is 0 Å². The molecule has 0 saturated carbocycles. The molecule has 0 fully saturated rings. The molecular formula is C13H9NO. The third-order valence-corrected chi connectivity index (χ3v) is 2.15. The van der Waals surface area contributed by atoms with Crippen molar-refractivity contribution in [2.75, 3.05) is 0 Å². The Morgan fingerprint density at radius 3 is 2.00 bits per heavy atom. The van der Waals surface area contributed by atoms with E-state index in [1.807, 2.05) is 42.5 Å². The zero-order valence-corrected chi connectivity index (χ0v) is 8.05. The van der Waals surface area contributed by atoms with Gasteiger partial charge in [0.1, 0.15) is 0 Å². The first-order valence-corrected chi connectivity index (χ1v) is 4.63. The molecule has 0 saturated heterocycles. The lowest BCUT2D eigenvalue weighted by Gasteiger charge is -2.00. The Hall–Kier alpha value is -2.18. The lowest BCUT2D eigenvalue weighted by molar-refractivity contribution is 0.565. The highest BCUT2D eigenvalue weighted by atomic mass is 16.1. The minimum absolute atomic E-state index is 0.629. The summed E-state index contributed by atoms with van der Waals surface area (Å²) in [5.41, 5.74) is 2.89. The van der Waals surface area contributed by atoms with Crippen molar-refractivity contribution in [2.45, 2.75) is 0 Å². The van der Waals surface area contributed by atoms with Crippen molar-refractivity contribution in [3.63, 3.8) is 0 Å². The van der Waals surface area contributed by atoms with E-state index in [4.69, 9.17) is 0 Å². The van der Waals surface area contributed by atoms with E-state index in [0.717, 1.165) is 11.1 Å². The molecule has 15 heavy (non-hydrogen) atoms. The Morgan fingerprint density at radius 2 is 1.40 bits per heavy atom. The predicted octanol–water partition coefficient (Wildman–Crippen LogP) is 3.32. The van der Waals surface area contributed by atoms with Gasteiger partial charge < -0.3 is 0 Å². The summed E-state index contributed by atoms with van der Waals surface area (Å²) < 4.78 is 0. The van der Waals surface area contributed by atoms with Crippen LogP contribution in [0, 0.1) is 0 Å². The normalized spacial score (nSPS) is 9.33. The molecule has 0 radical (unpaired) electrons. The number of nitrogens with zero attached hydrogens (tertiary/aromatic N) is 1. The van der Waals surface area contributed by atoms with Gasteiger partial charge in [0.25, 0.3) is 0 Å². The Labute approximate surface area is 87.9 Å². The largest absolute Gasteiger partial charge is 0.240 e. The summed E-state index contributed by atoms with van der Waals surface area (Å²) in [6, 6.07) is 17.5. The van der Waals surface area contributed by atoms with Gasteiger partial charge in [-0.05, 0) is 23.3 Å². The molecule has 0 amide bonds. The van der Waals surface area contributed by atoms with Crippen molar-refractivity contribution in [2.24, 2.45) is 4.99 Å². The lowest BCUT2D eigenvalue weighted by atomic mass is 10.1. The summed E-state index contributed by atoms with van der Waals surface area (Å²) in [6.07, 6.45) is 1.52. The van der Waals surface area contributed by atoms with Crippen molar-refractivity contribution >= 4 is 11.8 Å². The Morgan fingerprint density at radius 1 is 0.800 bits per heavy atom. The molecule has 0 aliphatic rings. The molecule has 0 unspecified atom stereocenters. The van der Waals surface area contributed by atoms with Crippen LogP contribution in [-0.4, -0.2) is 6.08 Å². The van der Waals surface area contributed by atoms with E-state index < -0.39 is 0 Å². The molecular weight excluding hydrogens is 186 g/mol. The second kappa shape index (κ2) is 4.36. The average Bonchev–Trinajstić information content (AvgIpc) is 2.32. The first-order valence-electron chi connectivity index (χ1n) is 4.63. The highest BCUT2D eigenvalue weighted by Crippen LogP contribution is 2.21. The molecule has 0 bridgehead atoms. The molecule has 0 heterocycles. The van der Waals surface area contributed by atoms with Gasteiger partial charge in [0.2, 0.25) is 6.08 Å². The first-order chi connectivity index (χ1) is 7.40. The molecule has 0 N–H and O–H groups in total. The number of carbonyl (C=O) groups excluding carboxylic acids is 1. The van der Waals surface area contributed by atoms with E-state index in [0.29, 0.717) is 5.69 Å². The smallest absolute Gasteiger partial charge is 0.211 e. The summed E-state index contributed by atoms with van der Waals surface area (Å²) in [7, 11) is 0. The van der Waals surface area contributed by atoms with Crippen molar-refractivity contribution < 1.29 is 4.79 Å². The van der Waals surface area contributed by atoms with Crippen molar-refractivity contribution in [3.8, 4) is 11.1 Å². The van der Waals surface area contributed by atoms with Crippen LogP contribution < -0.4 is 0 Å². The molecule has 0 aliphatic carbocycles. The van der Waals surface area contributed by atoms with Gasteiger partial charge in [-0.25, -0.2) is 4.79 Å². The van der Waals surface area contributed by atoms with Gasteiger partial charge in [0, 0.05) is 0 Å². The summed E-state index contributed by atoms with van der Waals surface area (Å²) in [5, 5.41) is 0. The Kier molecular flexibility index (Phi) is 2.72. The van der Waals surface area contributed by atoms with E-state index in [1.54, 1.807) is 12.1 Å². The van der Waals surface area contributed by atoms with E-state index in [-0.39, 0.29) is 0 Å². The van der Waals surface area contributed by atoms with Gasteiger partial charge in [-0.3, -0.25) is 0 Å². The predicted molar refractivity (Wildman–Crippen MR) is 59.7 cm³/mol. The maximum Gasteiger partial charge on any atom is 0.240 e. The van der Waals surface area contributed by atoms with E-state index >= 15 is 0 Å². The molecule has 2 aromatic rings. The number of benzene rings is 2. The standard InChI is InChI=1S/C13H9NO/c15-10-14-13-8-6-12(7-9-13)11-4-2-1-3-5-11/h1-9H. The molecule has 0 aromatic heterocycles. The van der Waals surface area contributed by atoms with Crippen LogP contribution in [0.15, 0.2) is 59.6 Å². The lowest BCUT2D eigenvalue weighted by Crippen LogP contribution is -1.75. The summed E-state index contributed by atoms with van der Waals surface area (Å²) in [6.45, 7) is 0. The van der Waals surface area contributed by atoms with Crippen LogP contribution in [0.3, 0.4) is 0 Å². The van der Waals surface area contributed by atoms with Gasteiger partial charge >= 0.3 is 0 Å². The van der Waals surface area contributed by atoms with E-state index in [9.17, 15) is 4.79 Å². The third-order valence-electron chi connectivity index (χ3n) is 2.15. The monoisotopic (exact) mass is 195 g/mol. The third kappa shape index (κ3) is 2.19. The minimum atomic E-state index is 0.629. The fourth-order valence-corrected chi connectivity index (χ4v) is 1.41. The highest BCUT2D eigenvalue weighted by Gasteiger charge is 1.95. The summed E-state index contributed by atoms with van der Waals surface area (Å²) in [4.78, 5) is 13.6. The molecule has 2 aromatic carbocycles. The van der Waals surface area contributed by atoms with E-state index in [2.05, 4.69) is 4.99 Å². The van der Waals surface area contributed by atoms with Gasteiger partial charge in [-0.2, -0.15) is 4.99 Å². The topological polar surface area (TPSA) is 29.4 Å². The second-order valence-corrected chi connectivity index (χ2v) is 3.12. The minimum Gasteiger partial charge on any atom is -0.211 e. The van der Waals surface area contributed by atoms with Crippen LogP contribution in [0.25, 0.3) is 11.1 Å². The van der Waals surface area contributed by atoms with Crippen LogP contribution in [0.1, 0.15) is 0 Å². The molecule has 2 rings (SSSR count). The molecule has 0 spiro atoms. The first kappa shape index (κ1) is 9.38. The second-order valence-electron chi connectivity index (χ2n) is 3.12. The van der Waals surface area contributed by atoms with Crippen molar-refractivity contribution in [1.82, 2.24) is 0 Å². The zero-order chi connectivity index (χ0) is 10.5. The number of aliphatic imine (C=N–C) groups is 1. The number of hydrogen-bond donors (Lipinski definition) is 0. The van der Waals surface area contributed by atoms with Crippen LogP contribution in [0.2, 0.25) is 0 Å². The van der Waals surface area contributed by atoms with Crippen LogP contribution in [0.4, 0.5) is 5.69 Å². The summed E-state index contributed by atoms with van der Waals surface area (Å²) in [5.74, 6) is 0. The Balaban J connectivity index is 2.36. The quantitative estimate of drug-likeness (QED) is 0.534. The molecule has 0 atom stereocenters. The van der Waals surface area contributed by atoms with Gasteiger partial charge in [0.05, 0.1) is 5.69 Å². The van der Waals surface area contributed by atoms with Gasteiger partial charge in [-0.1, -0.05) is 42.5 Å². The molecule has 2 nitrogen and oxygen atoms in total. The molecule has 72 valence electrons. The Bertz CT molecular complexity index is 482. The van der Waals surface area contributed by atoms with Crippen LogP contribution in [0.5, 0.6) is 0 Å². The fourth-order valence-electron chi connectivity index (χ4n) is 1.41. The number of hydrogen-bond acceptors (Lipinski definition) is 2. The average molecular weight is 195 g/mol. The fraction of sp³-hybridized carbons (Fsp3) is 0. The van der Waals surface area contributed by atoms with Crippen molar-refractivity contribution in [1.29, 1.82) is 0 Å². The maximum absolute atomic E-state index is 10.0. The molecule has 2 heteroatoms. The molecule has 0 aliphatic heterocycles. The number of isocyanates is 1. The van der Waals surface area contributed by atoms with Crippen molar-refractivity contribution in [3.05, 3.63) is 54.6 Å². The van der Waals surface area contributed by atoms with Crippen LogP contribution in [-0.2, 0) is 4.79 Å².